The minimum absolute atomic E-state index is 0.0353. The predicted octanol–water partition coefficient (Wildman–Crippen LogP) is 4.50. The molecule has 144 valence electrons. The maximum Gasteiger partial charge on any atom is 0.276 e. The molecule has 4 rings (SSSR count). The van der Waals surface area contributed by atoms with Crippen molar-refractivity contribution in [2.75, 3.05) is 13.1 Å². The largest absolute Gasteiger partial charge is 0.337 e. The first-order valence-electron chi connectivity index (χ1n) is 10.5. The van der Waals surface area contributed by atoms with Gasteiger partial charge in [-0.1, -0.05) is 55.2 Å². The topological polar surface area (TPSA) is 51.0 Å². The van der Waals surface area contributed by atoms with E-state index in [1.54, 1.807) is 0 Å². The molecule has 1 atom stereocenters. The second-order valence-electron chi connectivity index (χ2n) is 8.18. The van der Waals surface area contributed by atoms with E-state index in [0.717, 1.165) is 38.8 Å². The van der Waals surface area contributed by atoms with Crippen LogP contribution in [-0.4, -0.2) is 38.9 Å². The van der Waals surface area contributed by atoms with Gasteiger partial charge >= 0.3 is 0 Å². The lowest BCUT2D eigenvalue weighted by Crippen LogP contribution is -2.39. The maximum absolute atomic E-state index is 13.0. The highest BCUT2D eigenvalue weighted by molar-refractivity contribution is 5.92. The van der Waals surface area contributed by atoms with Gasteiger partial charge in [0.25, 0.3) is 5.91 Å². The van der Waals surface area contributed by atoms with Crippen molar-refractivity contribution in [3.8, 4) is 0 Å². The SMILES string of the molecule is Cc1ccccc1[C@@H]1CCCN(C(=O)c2cn(C3CCCCCC3)nn2)C1. The van der Waals surface area contributed by atoms with Crippen LogP contribution in [0.5, 0.6) is 0 Å². The van der Waals surface area contributed by atoms with E-state index in [1.165, 1.54) is 36.8 Å². The summed E-state index contributed by atoms with van der Waals surface area (Å²) < 4.78 is 1.95. The molecule has 2 fully saturated rings. The molecule has 0 N–H and O–H groups in total. The quantitative estimate of drug-likeness (QED) is 0.752. The normalized spacial score (nSPS) is 21.8. The van der Waals surface area contributed by atoms with Crippen LogP contribution in [-0.2, 0) is 0 Å². The van der Waals surface area contributed by atoms with Crippen LogP contribution in [0, 0.1) is 6.92 Å². The Morgan fingerprint density at radius 2 is 1.81 bits per heavy atom. The van der Waals surface area contributed by atoms with Crippen LogP contribution in [0.2, 0.25) is 0 Å². The minimum Gasteiger partial charge on any atom is -0.337 e. The van der Waals surface area contributed by atoms with Gasteiger partial charge in [-0.25, -0.2) is 4.68 Å². The highest BCUT2D eigenvalue weighted by Gasteiger charge is 2.28. The molecule has 1 aromatic heterocycles. The summed E-state index contributed by atoms with van der Waals surface area (Å²) in [6.45, 7) is 3.76. The van der Waals surface area contributed by atoms with Crippen LogP contribution in [0.3, 0.4) is 0 Å². The van der Waals surface area contributed by atoms with Gasteiger partial charge in [0.1, 0.15) is 0 Å². The minimum atomic E-state index is 0.0353. The summed E-state index contributed by atoms with van der Waals surface area (Å²) in [7, 11) is 0. The highest BCUT2D eigenvalue weighted by atomic mass is 16.2. The van der Waals surface area contributed by atoms with Gasteiger partial charge in [0.05, 0.1) is 12.2 Å². The lowest BCUT2D eigenvalue weighted by atomic mass is 9.88. The molecule has 1 saturated heterocycles. The Morgan fingerprint density at radius 3 is 2.59 bits per heavy atom. The second kappa shape index (κ2) is 8.24. The summed E-state index contributed by atoms with van der Waals surface area (Å²) in [4.78, 5) is 15.0. The van der Waals surface area contributed by atoms with E-state index in [1.807, 2.05) is 15.8 Å². The molecular formula is C22H30N4O. The average Bonchev–Trinajstić information content (AvgIpc) is 3.03. The molecule has 5 heteroatoms. The molecule has 1 amide bonds. The number of likely N-dealkylation sites (tertiary alicyclic amines) is 1. The van der Waals surface area contributed by atoms with Crippen LogP contribution >= 0.6 is 0 Å². The average molecular weight is 367 g/mol. The van der Waals surface area contributed by atoms with Crippen molar-refractivity contribution in [2.24, 2.45) is 0 Å². The van der Waals surface area contributed by atoms with Crippen LogP contribution in [0.15, 0.2) is 30.5 Å². The molecule has 1 aliphatic carbocycles. The number of carbonyl (C=O) groups is 1. The molecule has 2 heterocycles. The fourth-order valence-corrected chi connectivity index (χ4v) is 4.70. The molecule has 0 unspecified atom stereocenters. The van der Waals surface area contributed by atoms with Gasteiger partial charge < -0.3 is 4.90 Å². The Bertz CT molecular complexity index is 776. The molecule has 2 aromatic rings. The summed E-state index contributed by atoms with van der Waals surface area (Å²) in [6.07, 6.45) is 11.5. The van der Waals surface area contributed by atoms with Crippen LogP contribution in [0.4, 0.5) is 0 Å². The van der Waals surface area contributed by atoms with Crippen molar-refractivity contribution >= 4 is 5.91 Å². The van der Waals surface area contributed by atoms with E-state index in [-0.39, 0.29) is 5.91 Å². The lowest BCUT2D eigenvalue weighted by Gasteiger charge is -2.33. The summed E-state index contributed by atoms with van der Waals surface area (Å²) in [5.74, 6) is 0.453. The van der Waals surface area contributed by atoms with E-state index in [4.69, 9.17) is 0 Å². The van der Waals surface area contributed by atoms with Gasteiger partial charge in [0, 0.05) is 19.0 Å². The number of hydrogen-bond donors (Lipinski definition) is 0. The fourth-order valence-electron chi connectivity index (χ4n) is 4.70. The number of aryl methyl sites for hydroxylation is 1. The smallest absolute Gasteiger partial charge is 0.276 e. The van der Waals surface area contributed by atoms with Crippen molar-refractivity contribution in [3.05, 3.63) is 47.3 Å². The second-order valence-corrected chi connectivity index (χ2v) is 8.18. The number of benzene rings is 1. The van der Waals surface area contributed by atoms with Crippen molar-refractivity contribution in [1.82, 2.24) is 19.9 Å². The van der Waals surface area contributed by atoms with Crippen molar-refractivity contribution in [2.45, 2.75) is 70.3 Å². The molecular weight excluding hydrogens is 336 g/mol. The summed E-state index contributed by atoms with van der Waals surface area (Å²) in [6, 6.07) is 8.95. The monoisotopic (exact) mass is 366 g/mol. The van der Waals surface area contributed by atoms with Crippen molar-refractivity contribution in [3.63, 3.8) is 0 Å². The summed E-state index contributed by atoms with van der Waals surface area (Å²) >= 11 is 0. The summed E-state index contributed by atoms with van der Waals surface area (Å²) in [5.41, 5.74) is 3.19. The molecule has 1 aromatic carbocycles. The van der Waals surface area contributed by atoms with E-state index < -0.39 is 0 Å². The highest BCUT2D eigenvalue weighted by Crippen LogP contribution is 2.30. The molecule has 0 bridgehead atoms. The zero-order chi connectivity index (χ0) is 18.6. The Hall–Kier alpha value is -2.17. The zero-order valence-electron chi connectivity index (χ0n) is 16.3. The molecule has 5 nitrogen and oxygen atoms in total. The van der Waals surface area contributed by atoms with Gasteiger partial charge in [-0.05, 0) is 43.7 Å². The van der Waals surface area contributed by atoms with Crippen molar-refractivity contribution in [1.29, 1.82) is 0 Å². The Labute approximate surface area is 161 Å². The molecule has 27 heavy (non-hydrogen) atoms. The number of nitrogens with zero attached hydrogens (tertiary/aromatic N) is 4. The number of piperidine rings is 1. The third-order valence-corrected chi connectivity index (χ3v) is 6.27. The van der Waals surface area contributed by atoms with Gasteiger partial charge in [-0.15, -0.1) is 5.10 Å². The van der Waals surface area contributed by atoms with E-state index in [9.17, 15) is 4.79 Å². The Morgan fingerprint density at radius 1 is 1.04 bits per heavy atom. The van der Waals surface area contributed by atoms with E-state index in [2.05, 4.69) is 41.5 Å². The first-order valence-corrected chi connectivity index (χ1v) is 10.5. The molecule has 2 aliphatic rings. The molecule has 0 radical (unpaired) electrons. The fraction of sp³-hybridized carbons (Fsp3) is 0.591. The third-order valence-electron chi connectivity index (χ3n) is 6.27. The Kier molecular flexibility index (Phi) is 5.55. The Balaban J connectivity index is 1.45. The van der Waals surface area contributed by atoms with E-state index >= 15 is 0 Å². The third kappa shape index (κ3) is 4.07. The molecule has 1 saturated carbocycles. The zero-order valence-corrected chi connectivity index (χ0v) is 16.3. The van der Waals surface area contributed by atoms with Crippen LogP contribution < -0.4 is 0 Å². The first kappa shape index (κ1) is 18.2. The van der Waals surface area contributed by atoms with Gasteiger partial charge in [0.15, 0.2) is 5.69 Å². The number of rotatable bonds is 3. The number of aromatic nitrogens is 3. The molecule has 0 spiro atoms. The number of carbonyl (C=O) groups excluding carboxylic acids is 1. The van der Waals surface area contributed by atoms with Crippen molar-refractivity contribution < 1.29 is 4.79 Å². The molecule has 1 aliphatic heterocycles. The lowest BCUT2D eigenvalue weighted by molar-refractivity contribution is 0.0700. The summed E-state index contributed by atoms with van der Waals surface area (Å²) in [5, 5.41) is 8.54. The van der Waals surface area contributed by atoms with Gasteiger partial charge in [-0.2, -0.15) is 0 Å². The maximum atomic E-state index is 13.0. The van der Waals surface area contributed by atoms with E-state index in [0.29, 0.717) is 17.7 Å². The van der Waals surface area contributed by atoms with Gasteiger partial charge in [0.2, 0.25) is 0 Å². The predicted molar refractivity (Wildman–Crippen MR) is 106 cm³/mol. The first-order chi connectivity index (χ1) is 13.2. The number of hydrogen-bond acceptors (Lipinski definition) is 3. The van der Waals surface area contributed by atoms with Crippen LogP contribution in [0.1, 0.15) is 84.9 Å². The van der Waals surface area contributed by atoms with Gasteiger partial charge in [-0.3, -0.25) is 4.79 Å². The standard InChI is InChI=1S/C22H30N4O/c1-17-9-6-7-13-20(17)18-10-8-14-25(15-18)22(27)21-16-26(24-23-21)19-11-4-2-3-5-12-19/h6-7,9,13,16,18-19H,2-5,8,10-12,14-15H2,1H3/t18-/m1/s1. The van der Waals surface area contributed by atoms with Crippen LogP contribution in [0.25, 0.3) is 0 Å². The number of amides is 1.